The van der Waals surface area contributed by atoms with Crippen molar-refractivity contribution >= 4 is 11.9 Å². The molecule has 1 unspecified atom stereocenters. The second-order valence-corrected chi connectivity index (χ2v) is 6.51. The van der Waals surface area contributed by atoms with Gasteiger partial charge in [0.2, 0.25) is 5.91 Å². The third kappa shape index (κ3) is 4.95. The van der Waals surface area contributed by atoms with E-state index >= 15 is 0 Å². The molecule has 6 heteroatoms. The lowest BCUT2D eigenvalue weighted by Gasteiger charge is -2.30. The summed E-state index contributed by atoms with van der Waals surface area (Å²) in [6.45, 7) is 4.79. The predicted molar refractivity (Wildman–Crippen MR) is 84.8 cm³/mol. The Labute approximate surface area is 133 Å². The first-order chi connectivity index (χ1) is 10.6. The Kier molecular flexibility index (Phi) is 6.64. The standard InChI is InChI=1S/C16H29N3O3/c1-17-8-4-2-3-6-14(17)16(22)19-10-5-9-18(12-13-19)11-7-15(20)21/h14H,2-13H2,1H3,(H,20,21). The molecule has 1 atom stereocenters. The van der Waals surface area contributed by atoms with Crippen molar-refractivity contribution < 1.29 is 14.7 Å². The zero-order valence-corrected chi connectivity index (χ0v) is 13.7. The second kappa shape index (κ2) is 8.48. The summed E-state index contributed by atoms with van der Waals surface area (Å²) in [5.41, 5.74) is 0. The van der Waals surface area contributed by atoms with Gasteiger partial charge in [-0.15, -0.1) is 0 Å². The Bertz CT molecular complexity index is 389. The van der Waals surface area contributed by atoms with Crippen molar-refractivity contribution in [1.82, 2.24) is 14.7 Å². The molecule has 2 heterocycles. The molecule has 126 valence electrons. The average molecular weight is 311 g/mol. The van der Waals surface area contributed by atoms with E-state index in [1.165, 1.54) is 12.8 Å². The van der Waals surface area contributed by atoms with E-state index < -0.39 is 5.97 Å². The van der Waals surface area contributed by atoms with Gasteiger partial charge in [0.1, 0.15) is 0 Å². The molecule has 1 N–H and O–H groups in total. The summed E-state index contributed by atoms with van der Waals surface area (Å²) in [6.07, 6.45) is 5.62. The van der Waals surface area contributed by atoms with Crippen LogP contribution in [0.1, 0.15) is 38.5 Å². The number of rotatable bonds is 4. The molecular weight excluding hydrogens is 282 g/mol. The molecule has 0 saturated carbocycles. The van der Waals surface area contributed by atoms with Gasteiger partial charge in [0, 0.05) is 26.2 Å². The number of nitrogens with zero attached hydrogens (tertiary/aromatic N) is 3. The normalized spacial score (nSPS) is 25.5. The molecule has 0 aromatic carbocycles. The molecule has 22 heavy (non-hydrogen) atoms. The second-order valence-electron chi connectivity index (χ2n) is 6.51. The first-order valence-corrected chi connectivity index (χ1v) is 8.51. The number of carboxylic acids is 1. The summed E-state index contributed by atoms with van der Waals surface area (Å²) >= 11 is 0. The number of likely N-dealkylation sites (N-methyl/N-ethyl adjacent to an activating group) is 1. The van der Waals surface area contributed by atoms with Crippen molar-refractivity contribution in [3.05, 3.63) is 0 Å². The maximum atomic E-state index is 12.8. The van der Waals surface area contributed by atoms with Gasteiger partial charge in [0.25, 0.3) is 0 Å². The topological polar surface area (TPSA) is 64.1 Å². The van der Waals surface area contributed by atoms with Crippen molar-refractivity contribution in [2.75, 3.05) is 46.3 Å². The van der Waals surface area contributed by atoms with Crippen LogP contribution < -0.4 is 0 Å². The Morgan fingerprint density at radius 2 is 1.82 bits per heavy atom. The maximum Gasteiger partial charge on any atom is 0.304 e. The van der Waals surface area contributed by atoms with Crippen LogP contribution in [0.15, 0.2) is 0 Å². The molecule has 2 rings (SSSR count). The molecule has 2 aliphatic heterocycles. The zero-order chi connectivity index (χ0) is 15.9. The summed E-state index contributed by atoms with van der Waals surface area (Å²) in [7, 11) is 2.06. The van der Waals surface area contributed by atoms with E-state index in [-0.39, 0.29) is 18.4 Å². The van der Waals surface area contributed by atoms with Gasteiger partial charge in [-0.1, -0.05) is 12.8 Å². The molecule has 0 aliphatic carbocycles. The van der Waals surface area contributed by atoms with Gasteiger partial charge in [0.15, 0.2) is 0 Å². The van der Waals surface area contributed by atoms with Crippen molar-refractivity contribution in [2.24, 2.45) is 0 Å². The van der Waals surface area contributed by atoms with Crippen LogP contribution in [0.25, 0.3) is 0 Å². The Morgan fingerprint density at radius 3 is 2.59 bits per heavy atom. The minimum atomic E-state index is -0.753. The molecular formula is C16H29N3O3. The molecule has 2 aliphatic rings. The molecule has 1 amide bonds. The maximum absolute atomic E-state index is 12.8. The quantitative estimate of drug-likeness (QED) is 0.834. The van der Waals surface area contributed by atoms with Gasteiger partial charge in [0.05, 0.1) is 12.5 Å². The van der Waals surface area contributed by atoms with Crippen LogP contribution >= 0.6 is 0 Å². The molecule has 2 fully saturated rings. The van der Waals surface area contributed by atoms with E-state index in [0.717, 1.165) is 52.0 Å². The lowest BCUT2D eigenvalue weighted by Crippen LogP contribution is -2.48. The highest BCUT2D eigenvalue weighted by Gasteiger charge is 2.29. The lowest BCUT2D eigenvalue weighted by atomic mass is 10.1. The van der Waals surface area contributed by atoms with Crippen LogP contribution in [0.5, 0.6) is 0 Å². The fourth-order valence-electron chi connectivity index (χ4n) is 3.44. The fraction of sp³-hybridized carbons (Fsp3) is 0.875. The van der Waals surface area contributed by atoms with Gasteiger partial charge in [-0.2, -0.15) is 0 Å². The SMILES string of the molecule is CN1CCCCCC1C(=O)N1CCCN(CCC(=O)O)CC1. The summed E-state index contributed by atoms with van der Waals surface area (Å²) < 4.78 is 0. The highest BCUT2D eigenvalue weighted by atomic mass is 16.4. The number of amides is 1. The van der Waals surface area contributed by atoms with Crippen molar-refractivity contribution in [3.8, 4) is 0 Å². The summed E-state index contributed by atoms with van der Waals surface area (Å²) in [5.74, 6) is -0.484. The zero-order valence-electron chi connectivity index (χ0n) is 13.7. The van der Waals surface area contributed by atoms with E-state index in [4.69, 9.17) is 5.11 Å². The minimum Gasteiger partial charge on any atom is -0.481 e. The van der Waals surface area contributed by atoms with Crippen LogP contribution in [-0.2, 0) is 9.59 Å². The van der Waals surface area contributed by atoms with Crippen LogP contribution in [0.2, 0.25) is 0 Å². The summed E-state index contributed by atoms with van der Waals surface area (Å²) in [6, 6.07) is 0.0352. The Morgan fingerprint density at radius 1 is 1.00 bits per heavy atom. The molecule has 0 aromatic rings. The number of hydrogen-bond acceptors (Lipinski definition) is 4. The number of aliphatic carboxylic acids is 1. The van der Waals surface area contributed by atoms with Crippen molar-refractivity contribution in [1.29, 1.82) is 0 Å². The number of hydrogen-bond donors (Lipinski definition) is 1. The van der Waals surface area contributed by atoms with Crippen LogP contribution in [-0.4, -0.2) is 84.0 Å². The smallest absolute Gasteiger partial charge is 0.304 e. The van der Waals surface area contributed by atoms with Gasteiger partial charge in [-0.05, 0) is 39.4 Å². The number of carboxylic acid groups (broad SMARTS) is 1. The summed E-state index contributed by atoms with van der Waals surface area (Å²) in [4.78, 5) is 29.9. The van der Waals surface area contributed by atoms with Gasteiger partial charge in [-0.25, -0.2) is 0 Å². The van der Waals surface area contributed by atoms with Gasteiger partial charge >= 0.3 is 5.97 Å². The Hall–Kier alpha value is -1.14. The monoisotopic (exact) mass is 311 g/mol. The molecule has 2 saturated heterocycles. The summed E-state index contributed by atoms with van der Waals surface area (Å²) in [5, 5.41) is 8.78. The lowest BCUT2D eigenvalue weighted by molar-refractivity contribution is -0.138. The third-order valence-corrected chi connectivity index (χ3v) is 4.85. The molecule has 0 spiro atoms. The van der Waals surface area contributed by atoms with Crippen LogP contribution in [0.4, 0.5) is 0 Å². The van der Waals surface area contributed by atoms with E-state index in [9.17, 15) is 9.59 Å². The van der Waals surface area contributed by atoms with E-state index in [2.05, 4.69) is 16.8 Å². The first-order valence-electron chi connectivity index (χ1n) is 8.51. The Balaban J connectivity index is 1.86. The highest BCUT2D eigenvalue weighted by molar-refractivity contribution is 5.82. The fourth-order valence-corrected chi connectivity index (χ4v) is 3.44. The van der Waals surface area contributed by atoms with Crippen LogP contribution in [0, 0.1) is 0 Å². The van der Waals surface area contributed by atoms with Crippen molar-refractivity contribution in [2.45, 2.75) is 44.6 Å². The highest BCUT2D eigenvalue weighted by Crippen LogP contribution is 2.18. The molecule has 0 bridgehead atoms. The average Bonchev–Trinajstić information content (AvgIpc) is 2.84. The van der Waals surface area contributed by atoms with E-state index in [0.29, 0.717) is 6.54 Å². The van der Waals surface area contributed by atoms with Crippen LogP contribution in [0.3, 0.4) is 0 Å². The minimum absolute atomic E-state index is 0.0352. The molecule has 0 aromatic heterocycles. The van der Waals surface area contributed by atoms with Gasteiger partial charge < -0.3 is 14.9 Å². The third-order valence-electron chi connectivity index (χ3n) is 4.85. The number of carbonyl (C=O) groups is 2. The van der Waals surface area contributed by atoms with Gasteiger partial charge in [-0.3, -0.25) is 14.5 Å². The predicted octanol–water partition coefficient (Wildman–Crippen LogP) is 0.870. The van der Waals surface area contributed by atoms with Crippen molar-refractivity contribution in [3.63, 3.8) is 0 Å². The van der Waals surface area contributed by atoms with E-state index in [1.54, 1.807) is 0 Å². The number of likely N-dealkylation sites (tertiary alicyclic amines) is 1. The number of carbonyl (C=O) groups excluding carboxylic acids is 1. The first kappa shape index (κ1) is 17.2. The largest absolute Gasteiger partial charge is 0.481 e. The molecule has 6 nitrogen and oxygen atoms in total. The molecule has 0 radical (unpaired) electrons. The van der Waals surface area contributed by atoms with E-state index in [1.807, 2.05) is 4.90 Å².